The Morgan fingerprint density at radius 3 is 2.44 bits per heavy atom. The second-order valence-corrected chi connectivity index (χ2v) is 3.55. The molecule has 1 aliphatic heterocycles. The van der Waals surface area contributed by atoms with Gasteiger partial charge in [-0.3, -0.25) is 10.1 Å². The number of methoxy groups -OCH3 is 2. The van der Waals surface area contributed by atoms with Gasteiger partial charge in [0.15, 0.2) is 11.5 Å². The average Bonchev–Trinajstić information content (AvgIpc) is 2.67. The van der Waals surface area contributed by atoms with Crippen LogP contribution in [0, 0.1) is 0 Å². The molecule has 1 aromatic rings. The molecule has 6 nitrogen and oxygen atoms in total. The van der Waals surface area contributed by atoms with Crippen molar-refractivity contribution in [2.45, 2.75) is 0 Å². The fraction of sp³-hybridized carbons (Fsp3) is 0.167. The molecule has 1 saturated heterocycles. The van der Waals surface area contributed by atoms with Crippen molar-refractivity contribution in [2.75, 3.05) is 14.2 Å². The van der Waals surface area contributed by atoms with Crippen LogP contribution in [-0.2, 0) is 4.79 Å². The lowest BCUT2D eigenvalue weighted by atomic mass is 10.1. The number of nitrogens with one attached hydrogen (secondary N) is 2. The Hall–Kier alpha value is -2.50. The normalized spacial score (nSPS) is 16.4. The fourth-order valence-electron chi connectivity index (χ4n) is 1.66. The van der Waals surface area contributed by atoms with Gasteiger partial charge in [0.2, 0.25) is 0 Å². The molecule has 1 fully saturated rings. The fourth-order valence-corrected chi connectivity index (χ4v) is 1.66. The maximum atomic E-state index is 11.4. The summed E-state index contributed by atoms with van der Waals surface area (Å²) < 4.78 is 10.4. The summed E-state index contributed by atoms with van der Waals surface area (Å²) in [5.74, 6) is 0.586. The van der Waals surface area contributed by atoms with Crippen molar-refractivity contribution in [3.63, 3.8) is 0 Å². The quantitative estimate of drug-likeness (QED) is 0.615. The van der Waals surface area contributed by atoms with Crippen LogP contribution in [0.15, 0.2) is 23.9 Å². The Morgan fingerprint density at radius 1 is 1.11 bits per heavy atom. The lowest BCUT2D eigenvalue weighted by Crippen LogP contribution is -2.22. The molecule has 6 heteroatoms. The number of carbonyl (C=O) groups is 2. The van der Waals surface area contributed by atoms with Crippen LogP contribution in [0.2, 0.25) is 0 Å². The smallest absolute Gasteiger partial charge is 0.326 e. The monoisotopic (exact) mass is 248 g/mol. The maximum Gasteiger partial charge on any atom is 0.326 e. The van der Waals surface area contributed by atoms with Crippen molar-refractivity contribution in [2.24, 2.45) is 0 Å². The number of amides is 3. The van der Waals surface area contributed by atoms with Gasteiger partial charge in [-0.1, -0.05) is 12.1 Å². The van der Waals surface area contributed by atoms with Gasteiger partial charge in [0.05, 0.1) is 14.2 Å². The molecule has 0 aliphatic carbocycles. The number of ether oxygens (including phenoxy) is 2. The zero-order valence-corrected chi connectivity index (χ0v) is 9.94. The molecule has 1 heterocycles. The van der Waals surface area contributed by atoms with Gasteiger partial charge in [-0.05, 0) is 12.1 Å². The second kappa shape index (κ2) is 4.79. The van der Waals surface area contributed by atoms with Gasteiger partial charge >= 0.3 is 6.03 Å². The molecule has 0 spiro atoms. The molecule has 94 valence electrons. The van der Waals surface area contributed by atoms with E-state index in [2.05, 4.69) is 10.6 Å². The van der Waals surface area contributed by atoms with Crippen LogP contribution in [0.1, 0.15) is 5.56 Å². The first-order valence-electron chi connectivity index (χ1n) is 5.20. The average molecular weight is 248 g/mol. The Morgan fingerprint density at radius 2 is 1.89 bits per heavy atom. The number of rotatable bonds is 3. The molecule has 0 aromatic heterocycles. The van der Waals surface area contributed by atoms with Crippen molar-refractivity contribution in [3.05, 3.63) is 29.5 Å². The van der Waals surface area contributed by atoms with Crippen molar-refractivity contribution in [1.82, 2.24) is 10.6 Å². The zero-order chi connectivity index (χ0) is 13.1. The Labute approximate surface area is 104 Å². The van der Waals surface area contributed by atoms with Crippen molar-refractivity contribution in [3.8, 4) is 11.5 Å². The molecule has 18 heavy (non-hydrogen) atoms. The number of para-hydroxylation sites is 1. The third-order valence-corrected chi connectivity index (χ3v) is 2.45. The van der Waals surface area contributed by atoms with E-state index in [4.69, 9.17) is 9.47 Å². The van der Waals surface area contributed by atoms with Gasteiger partial charge in [0.25, 0.3) is 5.91 Å². The van der Waals surface area contributed by atoms with Gasteiger partial charge in [-0.25, -0.2) is 4.79 Å². The molecule has 1 aromatic carbocycles. The highest BCUT2D eigenvalue weighted by Gasteiger charge is 2.23. The minimum Gasteiger partial charge on any atom is -0.493 e. The predicted molar refractivity (Wildman–Crippen MR) is 64.2 cm³/mol. The van der Waals surface area contributed by atoms with E-state index in [9.17, 15) is 9.59 Å². The molecule has 0 unspecified atom stereocenters. The van der Waals surface area contributed by atoms with Gasteiger partial charge in [0, 0.05) is 5.56 Å². The van der Waals surface area contributed by atoms with E-state index in [1.54, 1.807) is 18.2 Å². The molecule has 2 N–H and O–H groups in total. The molecular formula is C12H12N2O4. The summed E-state index contributed by atoms with van der Waals surface area (Å²) in [5.41, 5.74) is 0.816. The van der Waals surface area contributed by atoms with E-state index in [-0.39, 0.29) is 5.70 Å². The van der Waals surface area contributed by atoms with Gasteiger partial charge in [-0.15, -0.1) is 0 Å². The number of carbonyl (C=O) groups excluding carboxylic acids is 2. The molecular weight excluding hydrogens is 236 g/mol. The molecule has 1 aliphatic rings. The summed E-state index contributed by atoms with van der Waals surface area (Å²) in [4.78, 5) is 22.4. The van der Waals surface area contributed by atoms with Crippen LogP contribution < -0.4 is 20.1 Å². The Kier molecular flexibility index (Phi) is 3.18. The van der Waals surface area contributed by atoms with Gasteiger partial charge in [-0.2, -0.15) is 0 Å². The first-order valence-corrected chi connectivity index (χ1v) is 5.20. The molecule has 0 bridgehead atoms. The number of benzene rings is 1. The summed E-state index contributed by atoms with van der Waals surface area (Å²) >= 11 is 0. The van der Waals surface area contributed by atoms with Gasteiger partial charge in [0.1, 0.15) is 5.70 Å². The summed E-state index contributed by atoms with van der Waals surface area (Å²) in [6.45, 7) is 0. The summed E-state index contributed by atoms with van der Waals surface area (Å²) in [6, 6.07) is 4.73. The number of imide groups is 1. The van der Waals surface area contributed by atoms with Crippen LogP contribution in [0.5, 0.6) is 11.5 Å². The SMILES string of the molecule is COc1cccc(C=C2NC(=O)NC2=O)c1OC. The van der Waals surface area contributed by atoms with E-state index in [1.807, 2.05) is 0 Å². The highest BCUT2D eigenvalue weighted by molar-refractivity contribution is 6.14. The van der Waals surface area contributed by atoms with Crippen LogP contribution in [0.4, 0.5) is 4.79 Å². The maximum absolute atomic E-state index is 11.4. The van der Waals surface area contributed by atoms with Crippen LogP contribution in [-0.4, -0.2) is 26.2 Å². The highest BCUT2D eigenvalue weighted by Crippen LogP contribution is 2.32. The molecule has 0 atom stereocenters. The topological polar surface area (TPSA) is 76.7 Å². The first-order chi connectivity index (χ1) is 8.65. The van der Waals surface area contributed by atoms with Crippen LogP contribution >= 0.6 is 0 Å². The summed E-state index contributed by atoms with van der Waals surface area (Å²) in [6.07, 6.45) is 1.53. The number of urea groups is 1. The lowest BCUT2D eigenvalue weighted by molar-refractivity contribution is -0.115. The number of hydrogen-bond donors (Lipinski definition) is 2. The molecule has 2 rings (SSSR count). The Balaban J connectivity index is 2.43. The van der Waals surface area contributed by atoms with Crippen LogP contribution in [0.3, 0.4) is 0 Å². The summed E-state index contributed by atoms with van der Waals surface area (Å²) in [7, 11) is 3.03. The third-order valence-electron chi connectivity index (χ3n) is 2.45. The van der Waals surface area contributed by atoms with E-state index in [0.29, 0.717) is 17.1 Å². The van der Waals surface area contributed by atoms with Crippen LogP contribution in [0.25, 0.3) is 6.08 Å². The minimum atomic E-state index is -0.534. The predicted octanol–water partition coefficient (Wildman–Crippen LogP) is 0.884. The van der Waals surface area contributed by atoms with Crippen molar-refractivity contribution >= 4 is 18.0 Å². The largest absolute Gasteiger partial charge is 0.493 e. The second-order valence-electron chi connectivity index (χ2n) is 3.55. The minimum absolute atomic E-state index is 0.173. The van der Waals surface area contributed by atoms with E-state index >= 15 is 0 Å². The van der Waals surface area contributed by atoms with E-state index in [1.165, 1.54) is 20.3 Å². The standard InChI is InChI=1S/C12H12N2O4/c1-17-9-5-3-4-7(10(9)18-2)6-8-11(15)14-12(16)13-8/h3-6H,1-2H3,(H2,13,14,15,16). The zero-order valence-electron chi connectivity index (χ0n) is 9.94. The van der Waals surface area contributed by atoms with Gasteiger partial charge < -0.3 is 14.8 Å². The van der Waals surface area contributed by atoms with E-state index < -0.39 is 11.9 Å². The number of hydrogen-bond acceptors (Lipinski definition) is 4. The van der Waals surface area contributed by atoms with Crippen molar-refractivity contribution < 1.29 is 19.1 Å². The summed E-state index contributed by atoms with van der Waals surface area (Å²) in [5, 5.41) is 4.53. The highest BCUT2D eigenvalue weighted by atomic mass is 16.5. The van der Waals surface area contributed by atoms with E-state index in [0.717, 1.165) is 0 Å². The third kappa shape index (κ3) is 2.13. The molecule has 0 radical (unpaired) electrons. The molecule has 3 amide bonds. The Bertz CT molecular complexity index is 537. The van der Waals surface area contributed by atoms with Crippen molar-refractivity contribution in [1.29, 1.82) is 0 Å². The lowest BCUT2D eigenvalue weighted by Gasteiger charge is -2.10. The first kappa shape index (κ1) is 12.0. The molecule has 0 saturated carbocycles.